The lowest BCUT2D eigenvalue weighted by Gasteiger charge is -2.25. The van der Waals surface area contributed by atoms with Crippen molar-refractivity contribution >= 4 is 21.6 Å². The molecule has 1 aromatic heterocycles. The molecule has 0 aliphatic carbocycles. The van der Waals surface area contributed by atoms with Gasteiger partial charge in [-0.05, 0) is 27.4 Å². The van der Waals surface area contributed by atoms with Crippen molar-refractivity contribution in [3.8, 4) is 0 Å². The first-order valence-corrected chi connectivity index (χ1v) is 9.72. The van der Waals surface area contributed by atoms with E-state index in [2.05, 4.69) is 15.3 Å². The van der Waals surface area contributed by atoms with Crippen LogP contribution in [0.2, 0.25) is 0 Å². The van der Waals surface area contributed by atoms with Gasteiger partial charge < -0.3 is 15.1 Å². The first-order chi connectivity index (χ1) is 11.2. The Morgan fingerprint density at radius 1 is 1.33 bits per heavy atom. The molecule has 1 atom stereocenters. The van der Waals surface area contributed by atoms with Gasteiger partial charge >= 0.3 is 0 Å². The second kappa shape index (κ2) is 7.43. The lowest BCUT2D eigenvalue weighted by molar-refractivity contribution is 0.0945. The smallest absolute Gasteiger partial charge is 0.270 e. The van der Waals surface area contributed by atoms with Crippen LogP contribution in [0.4, 0.5) is 5.82 Å². The number of carbonyl (C=O) groups excluding carboxylic acids is 1. The van der Waals surface area contributed by atoms with Gasteiger partial charge in [-0.1, -0.05) is 0 Å². The molecule has 1 fully saturated rings. The van der Waals surface area contributed by atoms with E-state index in [1.54, 1.807) is 20.0 Å². The molecule has 1 aromatic rings. The first-order valence-electron chi connectivity index (χ1n) is 7.90. The molecule has 2 rings (SSSR count). The lowest BCUT2D eigenvalue weighted by Crippen LogP contribution is -2.35. The minimum atomic E-state index is -2.97. The Hall–Kier alpha value is -1.74. The summed E-state index contributed by atoms with van der Waals surface area (Å²) in [5.41, 5.74) is 0.295. The van der Waals surface area contributed by atoms with E-state index >= 15 is 0 Å². The minimum absolute atomic E-state index is 0.117. The maximum absolute atomic E-state index is 12.2. The molecule has 0 saturated carbocycles. The van der Waals surface area contributed by atoms with Gasteiger partial charge in [0, 0.05) is 32.2 Å². The maximum atomic E-state index is 12.2. The largest absolute Gasteiger partial charge is 0.356 e. The third-order valence-electron chi connectivity index (χ3n) is 4.02. The molecule has 8 nitrogen and oxygen atoms in total. The molecule has 0 aromatic carbocycles. The van der Waals surface area contributed by atoms with Crippen molar-refractivity contribution in [2.45, 2.75) is 19.4 Å². The predicted molar refractivity (Wildman–Crippen MR) is 93.1 cm³/mol. The topological polar surface area (TPSA) is 95.5 Å². The third-order valence-corrected chi connectivity index (χ3v) is 5.77. The van der Waals surface area contributed by atoms with Crippen LogP contribution in [0.15, 0.2) is 6.07 Å². The number of nitrogens with one attached hydrogen (secondary N) is 1. The second-order valence-electron chi connectivity index (χ2n) is 6.39. The van der Waals surface area contributed by atoms with Gasteiger partial charge in [0.1, 0.15) is 17.3 Å². The number of nitrogens with zero attached hydrogens (tertiary/aromatic N) is 4. The molecule has 1 aliphatic rings. The van der Waals surface area contributed by atoms with Crippen molar-refractivity contribution in [3.63, 3.8) is 0 Å². The summed E-state index contributed by atoms with van der Waals surface area (Å²) in [5.74, 6) is 1.12. The summed E-state index contributed by atoms with van der Waals surface area (Å²) in [7, 11) is 2.70. The fourth-order valence-corrected chi connectivity index (χ4v) is 4.37. The number of aryl methyl sites for hydroxylation is 1. The molecule has 0 radical (unpaired) electrons. The molecular weight excluding hydrogens is 330 g/mol. The Morgan fingerprint density at radius 2 is 2.04 bits per heavy atom. The van der Waals surface area contributed by atoms with Crippen molar-refractivity contribution in [2.24, 2.45) is 0 Å². The number of rotatable bonds is 6. The number of aromatic nitrogens is 2. The Balaban J connectivity index is 2.11. The third kappa shape index (κ3) is 4.88. The van der Waals surface area contributed by atoms with E-state index in [1.165, 1.54) is 0 Å². The zero-order valence-corrected chi connectivity index (χ0v) is 15.4. The SMILES string of the molecule is Cc1nc(C(=O)NCCN(C)C)cc(N(C)C2CCS(=O)(=O)C2)n1. The van der Waals surface area contributed by atoms with Crippen LogP contribution in [0.25, 0.3) is 0 Å². The van der Waals surface area contributed by atoms with E-state index in [0.717, 1.165) is 6.54 Å². The number of anilines is 1. The highest BCUT2D eigenvalue weighted by molar-refractivity contribution is 7.91. The summed E-state index contributed by atoms with van der Waals surface area (Å²) in [5, 5.41) is 2.82. The predicted octanol–water partition coefficient (Wildman–Crippen LogP) is -0.300. The number of hydrogen-bond acceptors (Lipinski definition) is 7. The fraction of sp³-hybridized carbons (Fsp3) is 0.667. The lowest BCUT2D eigenvalue weighted by atomic mass is 10.2. The van der Waals surface area contributed by atoms with Crippen LogP contribution >= 0.6 is 0 Å². The highest BCUT2D eigenvalue weighted by atomic mass is 32.2. The second-order valence-corrected chi connectivity index (χ2v) is 8.61. The van der Waals surface area contributed by atoms with E-state index in [4.69, 9.17) is 0 Å². The summed E-state index contributed by atoms with van der Waals surface area (Å²) in [6.07, 6.45) is 0.576. The highest BCUT2D eigenvalue weighted by Crippen LogP contribution is 2.22. The molecule has 1 N–H and O–H groups in total. The van der Waals surface area contributed by atoms with Crippen molar-refractivity contribution in [3.05, 3.63) is 17.6 Å². The molecule has 2 heterocycles. The normalized spacial score (nSPS) is 19.5. The van der Waals surface area contributed by atoms with Crippen molar-refractivity contribution in [2.75, 3.05) is 50.6 Å². The van der Waals surface area contributed by atoms with Gasteiger partial charge in [-0.3, -0.25) is 4.79 Å². The van der Waals surface area contributed by atoms with Gasteiger partial charge in [0.25, 0.3) is 5.91 Å². The molecule has 0 bridgehead atoms. The van der Waals surface area contributed by atoms with Crippen LogP contribution in [0, 0.1) is 6.92 Å². The van der Waals surface area contributed by atoms with E-state index in [1.807, 2.05) is 23.9 Å². The molecule has 1 amide bonds. The molecule has 9 heteroatoms. The van der Waals surface area contributed by atoms with Gasteiger partial charge in [-0.2, -0.15) is 0 Å². The van der Waals surface area contributed by atoms with Crippen LogP contribution in [0.5, 0.6) is 0 Å². The van der Waals surface area contributed by atoms with Crippen molar-refractivity contribution < 1.29 is 13.2 Å². The molecule has 0 spiro atoms. The maximum Gasteiger partial charge on any atom is 0.270 e. The van der Waals surface area contributed by atoms with Crippen LogP contribution in [0.3, 0.4) is 0 Å². The summed E-state index contributed by atoms with van der Waals surface area (Å²) in [6.45, 7) is 2.99. The number of carbonyl (C=O) groups is 1. The average Bonchev–Trinajstić information content (AvgIpc) is 2.85. The molecule has 1 saturated heterocycles. The van der Waals surface area contributed by atoms with Crippen LogP contribution in [0.1, 0.15) is 22.7 Å². The zero-order chi connectivity index (χ0) is 17.9. The molecule has 1 aliphatic heterocycles. The van der Waals surface area contributed by atoms with Gasteiger partial charge in [0.05, 0.1) is 11.5 Å². The van der Waals surface area contributed by atoms with Gasteiger partial charge in [0.15, 0.2) is 9.84 Å². The number of hydrogen-bond donors (Lipinski definition) is 1. The Morgan fingerprint density at radius 3 is 2.62 bits per heavy atom. The first kappa shape index (κ1) is 18.6. The number of amides is 1. The van der Waals surface area contributed by atoms with E-state index in [-0.39, 0.29) is 23.5 Å². The van der Waals surface area contributed by atoms with Crippen LogP contribution < -0.4 is 10.2 Å². The monoisotopic (exact) mass is 355 g/mol. The number of likely N-dealkylation sites (N-methyl/N-ethyl adjacent to an activating group) is 1. The highest BCUT2D eigenvalue weighted by Gasteiger charge is 2.31. The van der Waals surface area contributed by atoms with Crippen LogP contribution in [-0.2, 0) is 9.84 Å². The van der Waals surface area contributed by atoms with Crippen molar-refractivity contribution in [1.29, 1.82) is 0 Å². The van der Waals surface area contributed by atoms with Crippen LogP contribution in [-0.4, -0.2) is 81.0 Å². The Kier molecular flexibility index (Phi) is 5.76. The van der Waals surface area contributed by atoms with Gasteiger partial charge in [-0.25, -0.2) is 18.4 Å². The Labute approximate surface area is 143 Å². The molecule has 1 unspecified atom stereocenters. The molecular formula is C15H25N5O3S. The molecule has 24 heavy (non-hydrogen) atoms. The van der Waals surface area contributed by atoms with E-state index < -0.39 is 9.84 Å². The Bertz CT molecular complexity index is 705. The quantitative estimate of drug-likeness (QED) is 0.748. The minimum Gasteiger partial charge on any atom is -0.356 e. The van der Waals surface area contributed by atoms with Gasteiger partial charge in [-0.15, -0.1) is 0 Å². The zero-order valence-electron chi connectivity index (χ0n) is 14.6. The van der Waals surface area contributed by atoms with Gasteiger partial charge in [0.2, 0.25) is 0 Å². The molecule has 134 valence electrons. The summed E-state index contributed by atoms with van der Waals surface area (Å²) < 4.78 is 23.3. The fourth-order valence-electron chi connectivity index (χ4n) is 2.60. The average molecular weight is 355 g/mol. The standard InChI is InChI=1S/C15H25N5O3S/c1-11-17-13(15(21)16-6-7-19(2)3)9-14(18-11)20(4)12-5-8-24(22,23)10-12/h9,12H,5-8,10H2,1-4H3,(H,16,21). The van der Waals surface area contributed by atoms with E-state index in [9.17, 15) is 13.2 Å². The number of sulfone groups is 1. The summed E-state index contributed by atoms with van der Waals surface area (Å²) in [4.78, 5) is 24.6. The van der Waals surface area contributed by atoms with E-state index in [0.29, 0.717) is 30.3 Å². The summed E-state index contributed by atoms with van der Waals surface area (Å²) >= 11 is 0. The van der Waals surface area contributed by atoms with Crippen molar-refractivity contribution in [1.82, 2.24) is 20.2 Å². The summed E-state index contributed by atoms with van der Waals surface area (Å²) in [6, 6.07) is 1.50.